The van der Waals surface area contributed by atoms with Crippen LogP contribution in [-0.2, 0) is 6.42 Å². The van der Waals surface area contributed by atoms with E-state index in [-0.39, 0.29) is 10.8 Å². The molecular formula is C16H19Cl2FN2. The van der Waals surface area contributed by atoms with Crippen molar-refractivity contribution in [2.75, 3.05) is 5.88 Å². The molecule has 0 N–H and O–H groups in total. The summed E-state index contributed by atoms with van der Waals surface area (Å²) >= 11 is 11.8. The highest BCUT2D eigenvalue weighted by Gasteiger charge is 2.33. The molecular weight excluding hydrogens is 310 g/mol. The van der Waals surface area contributed by atoms with Crippen LogP contribution in [0.5, 0.6) is 0 Å². The zero-order valence-corrected chi connectivity index (χ0v) is 13.8. The van der Waals surface area contributed by atoms with Gasteiger partial charge in [0.2, 0.25) is 0 Å². The monoisotopic (exact) mass is 328 g/mol. The van der Waals surface area contributed by atoms with Crippen molar-refractivity contribution < 1.29 is 4.39 Å². The average molecular weight is 329 g/mol. The Morgan fingerprint density at radius 3 is 2.71 bits per heavy atom. The Balaban J connectivity index is 2.18. The van der Waals surface area contributed by atoms with Crippen molar-refractivity contribution in [2.24, 2.45) is 11.8 Å². The summed E-state index contributed by atoms with van der Waals surface area (Å²) in [4.78, 5) is 4.64. The number of aryl methyl sites for hydroxylation is 1. The fourth-order valence-electron chi connectivity index (χ4n) is 3.47. The SMILES string of the molecule is CC1CCC(n2c(CCCl)nc3cc(Cl)c(F)cc32)C1C. The highest BCUT2D eigenvalue weighted by atomic mass is 35.5. The molecule has 0 saturated heterocycles. The molecule has 3 atom stereocenters. The largest absolute Gasteiger partial charge is 0.324 e. The number of fused-ring (bicyclic) bond motifs is 1. The van der Waals surface area contributed by atoms with Crippen molar-refractivity contribution in [3.05, 3.63) is 28.8 Å². The molecule has 0 amide bonds. The Morgan fingerprint density at radius 2 is 2.10 bits per heavy atom. The van der Waals surface area contributed by atoms with Gasteiger partial charge >= 0.3 is 0 Å². The van der Waals surface area contributed by atoms with Crippen LogP contribution in [0.3, 0.4) is 0 Å². The van der Waals surface area contributed by atoms with Crippen LogP contribution in [-0.4, -0.2) is 15.4 Å². The van der Waals surface area contributed by atoms with Gasteiger partial charge in [-0.3, -0.25) is 0 Å². The smallest absolute Gasteiger partial charge is 0.144 e. The number of hydrogen-bond donors (Lipinski definition) is 0. The molecule has 2 nitrogen and oxygen atoms in total. The predicted octanol–water partition coefficient (Wildman–Crippen LogP) is 5.22. The first-order valence-corrected chi connectivity index (χ1v) is 8.36. The van der Waals surface area contributed by atoms with Gasteiger partial charge in [-0.25, -0.2) is 9.37 Å². The van der Waals surface area contributed by atoms with Gasteiger partial charge in [-0.1, -0.05) is 25.4 Å². The Bertz CT molecular complexity index is 668. The molecule has 0 aliphatic heterocycles. The lowest BCUT2D eigenvalue weighted by atomic mass is 9.97. The summed E-state index contributed by atoms with van der Waals surface area (Å²) in [6.45, 7) is 4.55. The molecule has 1 heterocycles. The maximum atomic E-state index is 13.9. The number of nitrogens with zero attached hydrogens (tertiary/aromatic N) is 2. The van der Waals surface area contributed by atoms with Gasteiger partial charge < -0.3 is 4.57 Å². The van der Waals surface area contributed by atoms with Gasteiger partial charge in [0.1, 0.15) is 11.6 Å². The molecule has 114 valence electrons. The van der Waals surface area contributed by atoms with Crippen molar-refractivity contribution in [3.63, 3.8) is 0 Å². The lowest BCUT2D eigenvalue weighted by Crippen LogP contribution is -2.17. The van der Waals surface area contributed by atoms with Gasteiger partial charge in [0, 0.05) is 24.4 Å². The second-order valence-electron chi connectivity index (χ2n) is 6.07. The number of aromatic nitrogens is 2. The summed E-state index contributed by atoms with van der Waals surface area (Å²) in [5.41, 5.74) is 1.59. The third-order valence-electron chi connectivity index (χ3n) is 4.88. The third-order valence-corrected chi connectivity index (χ3v) is 5.36. The normalized spacial score (nSPS) is 25.9. The lowest BCUT2D eigenvalue weighted by molar-refractivity contribution is 0.352. The molecule has 0 spiro atoms. The minimum absolute atomic E-state index is 0.123. The molecule has 5 heteroatoms. The van der Waals surface area contributed by atoms with Crippen LogP contribution in [0, 0.1) is 17.7 Å². The fourth-order valence-corrected chi connectivity index (χ4v) is 3.80. The van der Waals surface area contributed by atoms with E-state index >= 15 is 0 Å². The van der Waals surface area contributed by atoms with Crippen molar-refractivity contribution in [3.8, 4) is 0 Å². The van der Waals surface area contributed by atoms with Crippen molar-refractivity contribution in [2.45, 2.75) is 39.2 Å². The van der Waals surface area contributed by atoms with Crippen LogP contribution >= 0.6 is 23.2 Å². The van der Waals surface area contributed by atoms with E-state index in [2.05, 4.69) is 23.4 Å². The number of rotatable bonds is 3. The summed E-state index contributed by atoms with van der Waals surface area (Å²) in [6.07, 6.45) is 2.99. The van der Waals surface area contributed by atoms with Gasteiger partial charge in [0.25, 0.3) is 0 Å². The van der Waals surface area contributed by atoms with Gasteiger partial charge in [0.15, 0.2) is 0 Å². The van der Waals surface area contributed by atoms with E-state index in [1.54, 1.807) is 6.07 Å². The molecule has 3 rings (SSSR count). The maximum Gasteiger partial charge on any atom is 0.144 e. The zero-order valence-electron chi connectivity index (χ0n) is 12.2. The molecule has 2 aromatic rings. The zero-order chi connectivity index (χ0) is 15.1. The van der Waals surface area contributed by atoms with Gasteiger partial charge in [0.05, 0.1) is 16.1 Å². The predicted molar refractivity (Wildman–Crippen MR) is 85.7 cm³/mol. The topological polar surface area (TPSA) is 17.8 Å². The summed E-state index contributed by atoms with van der Waals surface area (Å²) < 4.78 is 16.1. The van der Waals surface area contributed by atoms with Crippen LogP contribution in [0.15, 0.2) is 12.1 Å². The second-order valence-corrected chi connectivity index (χ2v) is 6.86. The van der Waals surface area contributed by atoms with E-state index in [9.17, 15) is 4.39 Å². The molecule has 1 aliphatic rings. The quantitative estimate of drug-likeness (QED) is 0.706. The van der Waals surface area contributed by atoms with Crippen LogP contribution in [0.25, 0.3) is 11.0 Å². The van der Waals surface area contributed by atoms with E-state index in [0.29, 0.717) is 30.2 Å². The first-order valence-electron chi connectivity index (χ1n) is 7.44. The molecule has 1 aliphatic carbocycles. The Morgan fingerprint density at radius 1 is 1.33 bits per heavy atom. The fraction of sp³-hybridized carbons (Fsp3) is 0.562. The average Bonchev–Trinajstić information content (AvgIpc) is 2.93. The number of alkyl halides is 1. The van der Waals surface area contributed by atoms with E-state index in [4.69, 9.17) is 23.2 Å². The first-order chi connectivity index (χ1) is 10.0. The summed E-state index contributed by atoms with van der Waals surface area (Å²) in [6, 6.07) is 3.49. The minimum atomic E-state index is -0.388. The van der Waals surface area contributed by atoms with Crippen LogP contribution in [0.2, 0.25) is 5.02 Å². The third kappa shape index (κ3) is 2.55. The van der Waals surface area contributed by atoms with Gasteiger partial charge in [-0.05, 0) is 30.7 Å². The van der Waals surface area contributed by atoms with Crippen LogP contribution in [0.1, 0.15) is 38.6 Å². The summed E-state index contributed by atoms with van der Waals surface area (Å²) in [7, 11) is 0. The van der Waals surface area contributed by atoms with Gasteiger partial charge in [-0.15, -0.1) is 11.6 Å². The number of halogens is 3. The molecule has 1 fully saturated rings. The van der Waals surface area contributed by atoms with E-state index in [1.165, 1.54) is 12.5 Å². The van der Waals surface area contributed by atoms with Crippen molar-refractivity contribution >= 4 is 34.2 Å². The highest BCUT2D eigenvalue weighted by Crippen LogP contribution is 2.42. The van der Waals surface area contributed by atoms with E-state index in [1.807, 2.05) is 0 Å². The molecule has 1 saturated carbocycles. The maximum absolute atomic E-state index is 13.9. The Labute approximate surface area is 134 Å². The minimum Gasteiger partial charge on any atom is -0.324 e. The van der Waals surface area contributed by atoms with Crippen LogP contribution in [0.4, 0.5) is 4.39 Å². The molecule has 21 heavy (non-hydrogen) atoms. The van der Waals surface area contributed by atoms with Gasteiger partial charge in [-0.2, -0.15) is 0 Å². The second kappa shape index (κ2) is 5.77. The molecule has 1 aromatic heterocycles. The lowest BCUT2D eigenvalue weighted by Gasteiger charge is -2.22. The molecule has 0 bridgehead atoms. The Kier molecular flexibility index (Phi) is 4.15. The number of hydrogen-bond acceptors (Lipinski definition) is 1. The molecule has 3 unspecified atom stereocenters. The van der Waals surface area contributed by atoms with Crippen molar-refractivity contribution in [1.29, 1.82) is 0 Å². The number of imidazole rings is 1. The summed E-state index contributed by atoms with van der Waals surface area (Å²) in [5.74, 6) is 2.29. The van der Waals surface area contributed by atoms with Crippen LogP contribution < -0.4 is 0 Å². The molecule has 0 radical (unpaired) electrons. The van der Waals surface area contributed by atoms with E-state index in [0.717, 1.165) is 23.3 Å². The van der Waals surface area contributed by atoms with E-state index < -0.39 is 0 Å². The highest BCUT2D eigenvalue weighted by molar-refractivity contribution is 6.31. The Hall–Kier alpha value is -0.800. The summed E-state index contributed by atoms with van der Waals surface area (Å²) in [5, 5.41) is 0.123. The first kappa shape index (κ1) is 15.1. The van der Waals surface area contributed by atoms with Crippen molar-refractivity contribution in [1.82, 2.24) is 9.55 Å². The number of benzene rings is 1. The standard InChI is InChI=1S/C16H19Cl2FN2/c1-9-3-4-14(10(9)2)21-15-8-12(19)11(18)7-13(15)20-16(21)5-6-17/h7-10,14H,3-6H2,1-2H3. The molecule has 1 aromatic carbocycles.